The number of rotatable bonds is 6. The zero-order valence-corrected chi connectivity index (χ0v) is 15.6. The topological polar surface area (TPSA) is 42.3 Å². The molecule has 0 aliphatic heterocycles. The number of aromatic nitrogens is 1. The molecule has 0 atom stereocenters. The Balaban J connectivity index is 2.32. The Kier molecular flexibility index (Phi) is 4.92. The molecular weight excluding hydrogens is 331 g/mol. The van der Waals surface area contributed by atoms with Crippen LogP contribution in [-0.4, -0.2) is 41.2 Å². The lowest BCUT2D eigenvalue weighted by Crippen LogP contribution is -2.22. The number of carbonyl (C=O) groups excluding carboxylic acids is 2. The summed E-state index contributed by atoms with van der Waals surface area (Å²) >= 11 is 0. The Labute approximate surface area is 152 Å². The van der Waals surface area contributed by atoms with Crippen LogP contribution in [0.25, 0.3) is 21.8 Å². The van der Waals surface area contributed by atoms with Crippen molar-refractivity contribution < 1.29 is 14.0 Å². The van der Waals surface area contributed by atoms with E-state index in [2.05, 4.69) is 16.4 Å². The Morgan fingerprint density at radius 3 is 2.38 bits per heavy atom. The van der Waals surface area contributed by atoms with Gasteiger partial charge in [-0.2, -0.15) is 0 Å². The number of carbonyl (C=O) groups is 2. The van der Waals surface area contributed by atoms with Crippen molar-refractivity contribution >= 4 is 33.4 Å². The maximum Gasteiger partial charge on any atom is 0.162 e. The number of fused-ring (bicyclic) bond motifs is 3. The van der Waals surface area contributed by atoms with Crippen LogP contribution in [-0.2, 0) is 6.54 Å². The highest BCUT2D eigenvalue weighted by atomic mass is 19.1. The third-order valence-corrected chi connectivity index (χ3v) is 5.00. The number of halogens is 1. The summed E-state index contributed by atoms with van der Waals surface area (Å²) in [6.45, 7) is 7.38. The highest BCUT2D eigenvalue weighted by Crippen LogP contribution is 2.33. The highest BCUT2D eigenvalue weighted by Gasteiger charge is 2.19. The van der Waals surface area contributed by atoms with Crippen LogP contribution in [0.1, 0.15) is 41.5 Å². The van der Waals surface area contributed by atoms with E-state index in [-0.39, 0.29) is 17.1 Å². The third-order valence-electron chi connectivity index (χ3n) is 5.00. The monoisotopic (exact) mass is 354 g/mol. The third kappa shape index (κ3) is 3.03. The van der Waals surface area contributed by atoms with Crippen molar-refractivity contribution in [1.82, 2.24) is 9.47 Å². The summed E-state index contributed by atoms with van der Waals surface area (Å²) in [4.78, 5) is 25.7. The molecular formula is C21H23FN2O2. The summed E-state index contributed by atoms with van der Waals surface area (Å²) in [5.74, 6) is -0.885. The van der Waals surface area contributed by atoms with Crippen molar-refractivity contribution in [2.75, 3.05) is 20.1 Å². The molecule has 3 rings (SSSR count). The Morgan fingerprint density at radius 2 is 1.77 bits per heavy atom. The molecule has 0 aliphatic rings. The van der Waals surface area contributed by atoms with Gasteiger partial charge in [0.2, 0.25) is 0 Å². The van der Waals surface area contributed by atoms with Gasteiger partial charge in [0.1, 0.15) is 5.82 Å². The number of ketones is 2. The van der Waals surface area contributed by atoms with Gasteiger partial charge < -0.3 is 9.47 Å². The van der Waals surface area contributed by atoms with E-state index < -0.39 is 5.82 Å². The average molecular weight is 354 g/mol. The molecule has 0 aliphatic carbocycles. The van der Waals surface area contributed by atoms with Crippen LogP contribution in [0.3, 0.4) is 0 Å². The molecule has 136 valence electrons. The van der Waals surface area contributed by atoms with Gasteiger partial charge in [-0.25, -0.2) is 4.39 Å². The average Bonchev–Trinajstić information content (AvgIpc) is 2.93. The number of Topliss-reactive ketones (excluding diaryl/α,β-unsaturated/α-hetero) is 2. The molecule has 5 heteroatoms. The second-order valence-corrected chi connectivity index (χ2v) is 6.71. The van der Waals surface area contributed by atoms with Gasteiger partial charge in [0.25, 0.3) is 0 Å². The van der Waals surface area contributed by atoms with Crippen LogP contribution in [0.15, 0.2) is 30.3 Å². The van der Waals surface area contributed by atoms with Crippen molar-refractivity contribution in [2.24, 2.45) is 0 Å². The minimum Gasteiger partial charge on any atom is -0.339 e. The molecule has 0 amide bonds. The van der Waals surface area contributed by atoms with E-state index in [1.54, 1.807) is 24.3 Å². The van der Waals surface area contributed by atoms with E-state index >= 15 is 4.39 Å². The molecule has 3 aromatic rings. The molecule has 0 unspecified atom stereocenters. The van der Waals surface area contributed by atoms with Crippen LogP contribution in [0.2, 0.25) is 0 Å². The van der Waals surface area contributed by atoms with Crippen molar-refractivity contribution in [3.8, 4) is 0 Å². The molecule has 0 radical (unpaired) electrons. The lowest BCUT2D eigenvalue weighted by Gasteiger charge is -2.15. The minimum atomic E-state index is -0.511. The summed E-state index contributed by atoms with van der Waals surface area (Å²) in [6, 6.07) is 8.71. The largest absolute Gasteiger partial charge is 0.339 e. The Hall–Kier alpha value is -2.53. The smallest absolute Gasteiger partial charge is 0.162 e. The SMILES string of the molecule is CCN(C)CCn1c2ccc(C(C)=O)cc2c2c(F)c(C(C)=O)ccc21. The fraction of sp³-hybridized carbons (Fsp3) is 0.333. The van der Waals surface area contributed by atoms with Gasteiger partial charge in [0.15, 0.2) is 11.6 Å². The van der Waals surface area contributed by atoms with Gasteiger partial charge >= 0.3 is 0 Å². The first-order chi connectivity index (χ1) is 12.3. The first kappa shape index (κ1) is 18.3. The van der Waals surface area contributed by atoms with Gasteiger partial charge in [0.05, 0.1) is 11.1 Å². The van der Waals surface area contributed by atoms with Gasteiger partial charge in [-0.1, -0.05) is 6.92 Å². The van der Waals surface area contributed by atoms with Crippen LogP contribution in [0.4, 0.5) is 4.39 Å². The fourth-order valence-electron chi connectivity index (χ4n) is 3.31. The predicted octanol–water partition coefficient (Wildman–Crippen LogP) is 4.29. The summed E-state index contributed by atoms with van der Waals surface area (Å²) in [7, 11) is 2.04. The van der Waals surface area contributed by atoms with Crippen molar-refractivity contribution in [3.05, 3.63) is 47.3 Å². The molecule has 0 saturated carbocycles. The fourth-order valence-corrected chi connectivity index (χ4v) is 3.31. The van der Waals surface area contributed by atoms with Crippen LogP contribution >= 0.6 is 0 Å². The van der Waals surface area contributed by atoms with E-state index in [9.17, 15) is 9.59 Å². The zero-order chi connectivity index (χ0) is 19.0. The Bertz CT molecular complexity index is 1020. The van der Waals surface area contributed by atoms with Gasteiger partial charge in [0, 0.05) is 34.9 Å². The molecule has 2 aromatic carbocycles. The number of hydrogen-bond donors (Lipinski definition) is 0. The van der Waals surface area contributed by atoms with E-state index in [1.807, 2.05) is 13.1 Å². The second kappa shape index (κ2) is 7.00. The van der Waals surface area contributed by atoms with E-state index in [0.29, 0.717) is 22.9 Å². The molecule has 26 heavy (non-hydrogen) atoms. The highest BCUT2D eigenvalue weighted by molar-refractivity contribution is 6.13. The van der Waals surface area contributed by atoms with Gasteiger partial charge in [-0.05, 0) is 57.8 Å². The number of nitrogens with zero attached hydrogens (tertiary/aromatic N) is 2. The maximum atomic E-state index is 15.1. The predicted molar refractivity (Wildman–Crippen MR) is 103 cm³/mol. The van der Waals surface area contributed by atoms with Crippen molar-refractivity contribution in [1.29, 1.82) is 0 Å². The number of likely N-dealkylation sites (N-methyl/N-ethyl adjacent to an activating group) is 1. The van der Waals surface area contributed by atoms with E-state index in [0.717, 1.165) is 24.1 Å². The normalized spacial score (nSPS) is 11.6. The van der Waals surface area contributed by atoms with Gasteiger partial charge in [-0.15, -0.1) is 0 Å². The van der Waals surface area contributed by atoms with E-state index in [1.165, 1.54) is 13.8 Å². The van der Waals surface area contributed by atoms with E-state index in [4.69, 9.17) is 0 Å². The lowest BCUT2D eigenvalue weighted by atomic mass is 10.0. The second-order valence-electron chi connectivity index (χ2n) is 6.71. The number of benzene rings is 2. The van der Waals surface area contributed by atoms with Gasteiger partial charge in [-0.3, -0.25) is 9.59 Å². The van der Waals surface area contributed by atoms with Crippen molar-refractivity contribution in [3.63, 3.8) is 0 Å². The first-order valence-electron chi connectivity index (χ1n) is 8.80. The van der Waals surface area contributed by atoms with Crippen LogP contribution in [0, 0.1) is 5.82 Å². The molecule has 1 aromatic heterocycles. The summed E-state index contributed by atoms with van der Waals surface area (Å²) < 4.78 is 17.2. The number of hydrogen-bond acceptors (Lipinski definition) is 3. The van der Waals surface area contributed by atoms with Crippen LogP contribution < -0.4 is 0 Å². The lowest BCUT2D eigenvalue weighted by molar-refractivity contribution is 0.100. The molecule has 4 nitrogen and oxygen atoms in total. The molecule has 0 fully saturated rings. The zero-order valence-electron chi connectivity index (χ0n) is 15.6. The summed E-state index contributed by atoms with van der Waals surface area (Å²) in [5.41, 5.74) is 2.23. The maximum absolute atomic E-state index is 15.1. The molecule has 0 saturated heterocycles. The summed E-state index contributed by atoms with van der Waals surface area (Å²) in [6.07, 6.45) is 0. The first-order valence-corrected chi connectivity index (χ1v) is 8.80. The molecule has 0 spiro atoms. The Morgan fingerprint density at radius 1 is 1.08 bits per heavy atom. The standard InChI is InChI=1S/C21H23FN2O2/c1-5-23(4)10-11-24-18-8-6-15(13(2)25)12-17(18)20-19(24)9-7-16(14(3)26)21(20)22/h6-9,12H,5,10-11H2,1-4H3. The molecule has 0 bridgehead atoms. The minimum absolute atomic E-state index is 0.0679. The summed E-state index contributed by atoms with van der Waals surface area (Å²) in [5, 5.41) is 1.09. The van der Waals surface area contributed by atoms with Crippen molar-refractivity contribution in [2.45, 2.75) is 27.3 Å². The quantitative estimate of drug-likeness (QED) is 0.620. The van der Waals surface area contributed by atoms with Crippen LogP contribution in [0.5, 0.6) is 0 Å². The molecule has 1 heterocycles. The molecule has 0 N–H and O–H groups in total.